The van der Waals surface area contributed by atoms with E-state index in [0.717, 1.165) is 0 Å². The maximum absolute atomic E-state index is 13.2. The molecule has 0 aliphatic rings. The molecule has 96 valence electrons. The zero-order valence-electron chi connectivity index (χ0n) is 9.75. The van der Waals surface area contributed by atoms with Gasteiger partial charge in [-0.15, -0.1) is 0 Å². The van der Waals surface area contributed by atoms with Crippen molar-refractivity contribution in [3.05, 3.63) is 34.6 Å². The molecule has 0 aliphatic heterocycles. The number of halogens is 2. The number of hydrogen-bond donors (Lipinski definition) is 2. The van der Waals surface area contributed by atoms with Crippen molar-refractivity contribution in [2.24, 2.45) is 0 Å². The van der Waals surface area contributed by atoms with E-state index < -0.39 is 5.82 Å². The summed E-state index contributed by atoms with van der Waals surface area (Å²) in [4.78, 5) is 0. The average molecular weight is 262 g/mol. The lowest BCUT2D eigenvalue weighted by molar-refractivity contribution is 0.159. The van der Waals surface area contributed by atoms with Crippen LogP contribution in [0.15, 0.2) is 18.2 Å². The minimum atomic E-state index is -0.427. The summed E-state index contributed by atoms with van der Waals surface area (Å²) in [6.07, 6.45) is 0.694. The maximum atomic E-state index is 13.2. The summed E-state index contributed by atoms with van der Waals surface area (Å²) in [5, 5.41) is 12.4. The molecule has 1 atom stereocenters. The molecule has 5 heteroatoms. The predicted octanol–water partition coefficient (Wildman–Crippen LogP) is 1.97. The number of nitrogens with one attached hydrogen (secondary N) is 1. The molecule has 0 radical (unpaired) electrons. The molecule has 1 aromatic carbocycles. The van der Waals surface area contributed by atoms with Crippen LogP contribution in [0.4, 0.5) is 4.39 Å². The van der Waals surface area contributed by atoms with Crippen LogP contribution in [0.1, 0.15) is 12.0 Å². The van der Waals surface area contributed by atoms with Crippen molar-refractivity contribution < 1.29 is 14.2 Å². The van der Waals surface area contributed by atoms with Gasteiger partial charge in [0.15, 0.2) is 0 Å². The fourth-order valence-corrected chi connectivity index (χ4v) is 1.65. The van der Waals surface area contributed by atoms with E-state index in [1.165, 1.54) is 6.07 Å². The first-order valence-corrected chi connectivity index (χ1v) is 5.83. The Hall–Kier alpha value is -0.680. The van der Waals surface area contributed by atoms with Gasteiger partial charge in [0, 0.05) is 26.3 Å². The summed E-state index contributed by atoms with van der Waals surface area (Å²) in [6, 6.07) is 4.61. The van der Waals surface area contributed by atoms with Gasteiger partial charge in [0.05, 0.1) is 11.6 Å². The molecule has 0 saturated carbocycles. The van der Waals surface area contributed by atoms with Gasteiger partial charge in [-0.2, -0.15) is 0 Å². The lowest BCUT2D eigenvalue weighted by Gasteiger charge is -2.16. The van der Waals surface area contributed by atoms with E-state index in [4.69, 9.17) is 21.4 Å². The summed E-state index contributed by atoms with van der Waals surface area (Å²) in [5.74, 6) is -0.427. The van der Waals surface area contributed by atoms with Crippen LogP contribution in [-0.4, -0.2) is 31.5 Å². The number of aliphatic hydroxyl groups is 1. The normalized spacial score (nSPS) is 12.7. The molecule has 0 spiro atoms. The highest BCUT2D eigenvalue weighted by Crippen LogP contribution is 2.19. The van der Waals surface area contributed by atoms with E-state index in [9.17, 15) is 4.39 Å². The van der Waals surface area contributed by atoms with Gasteiger partial charge in [0.1, 0.15) is 5.82 Å². The molecule has 0 bridgehead atoms. The topological polar surface area (TPSA) is 41.5 Å². The van der Waals surface area contributed by atoms with Crippen LogP contribution >= 0.6 is 11.6 Å². The highest BCUT2D eigenvalue weighted by Gasteiger charge is 2.09. The molecule has 0 amide bonds. The molecular formula is C12H17ClFNO2. The number of rotatable bonds is 7. The van der Waals surface area contributed by atoms with Crippen molar-refractivity contribution in [2.45, 2.75) is 19.0 Å². The van der Waals surface area contributed by atoms with Crippen molar-refractivity contribution in [2.75, 3.05) is 20.3 Å². The third kappa shape index (κ3) is 4.60. The zero-order chi connectivity index (χ0) is 12.7. The van der Waals surface area contributed by atoms with Crippen LogP contribution in [0.5, 0.6) is 0 Å². The standard InChI is InChI=1S/C12H17ClFNO2/c1-17-6-5-10(8-16)15-7-9-3-2-4-11(14)12(9)13/h2-4,10,15-16H,5-8H2,1H3. The number of methoxy groups -OCH3 is 1. The van der Waals surface area contributed by atoms with Gasteiger partial charge in [-0.05, 0) is 18.1 Å². The van der Waals surface area contributed by atoms with Crippen molar-refractivity contribution in [1.82, 2.24) is 5.32 Å². The average Bonchev–Trinajstić information content (AvgIpc) is 2.34. The monoisotopic (exact) mass is 261 g/mol. The van der Waals surface area contributed by atoms with E-state index in [1.807, 2.05) is 0 Å². The second-order valence-electron chi connectivity index (χ2n) is 3.75. The summed E-state index contributed by atoms with van der Waals surface area (Å²) in [6.45, 7) is 0.997. The molecule has 1 unspecified atom stereocenters. The van der Waals surface area contributed by atoms with Crippen LogP contribution < -0.4 is 5.32 Å². The minimum absolute atomic E-state index is 0.0102. The quantitative estimate of drug-likeness (QED) is 0.789. The van der Waals surface area contributed by atoms with Crippen molar-refractivity contribution in [3.8, 4) is 0 Å². The van der Waals surface area contributed by atoms with Gasteiger partial charge in [0.25, 0.3) is 0 Å². The maximum Gasteiger partial charge on any atom is 0.142 e. The van der Waals surface area contributed by atoms with Gasteiger partial charge >= 0.3 is 0 Å². The molecule has 1 rings (SSSR count). The Balaban J connectivity index is 2.50. The third-order valence-electron chi connectivity index (χ3n) is 2.50. The number of aliphatic hydroxyl groups excluding tert-OH is 1. The SMILES string of the molecule is COCCC(CO)NCc1cccc(F)c1Cl. The third-order valence-corrected chi connectivity index (χ3v) is 2.93. The number of benzene rings is 1. The Morgan fingerprint density at radius 3 is 2.94 bits per heavy atom. The predicted molar refractivity (Wildman–Crippen MR) is 65.6 cm³/mol. The molecule has 0 fully saturated rings. The van der Waals surface area contributed by atoms with Crippen LogP contribution in [0.2, 0.25) is 5.02 Å². The van der Waals surface area contributed by atoms with Gasteiger partial charge in [-0.1, -0.05) is 23.7 Å². The second kappa shape index (κ2) is 7.61. The van der Waals surface area contributed by atoms with Crippen LogP contribution in [0.3, 0.4) is 0 Å². The fourth-order valence-electron chi connectivity index (χ4n) is 1.46. The van der Waals surface area contributed by atoms with E-state index >= 15 is 0 Å². The van der Waals surface area contributed by atoms with Crippen molar-refractivity contribution in [1.29, 1.82) is 0 Å². The molecule has 2 N–H and O–H groups in total. The van der Waals surface area contributed by atoms with Crippen LogP contribution in [0.25, 0.3) is 0 Å². The Bertz CT molecular complexity index is 349. The van der Waals surface area contributed by atoms with Crippen LogP contribution in [-0.2, 0) is 11.3 Å². The van der Waals surface area contributed by atoms with Crippen molar-refractivity contribution in [3.63, 3.8) is 0 Å². The Morgan fingerprint density at radius 1 is 1.53 bits per heavy atom. The van der Waals surface area contributed by atoms with Gasteiger partial charge < -0.3 is 15.2 Å². The molecule has 0 aromatic heterocycles. The van der Waals surface area contributed by atoms with E-state index in [-0.39, 0.29) is 17.7 Å². The lowest BCUT2D eigenvalue weighted by atomic mass is 10.2. The molecule has 3 nitrogen and oxygen atoms in total. The molecule has 0 aliphatic carbocycles. The summed E-state index contributed by atoms with van der Waals surface area (Å²) in [7, 11) is 1.61. The Kier molecular flexibility index (Phi) is 6.44. The molecular weight excluding hydrogens is 245 g/mol. The fraction of sp³-hybridized carbons (Fsp3) is 0.500. The Morgan fingerprint density at radius 2 is 2.29 bits per heavy atom. The largest absolute Gasteiger partial charge is 0.395 e. The highest BCUT2D eigenvalue weighted by atomic mass is 35.5. The van der Waals surface area contributed by atoms with Gasteiger partial charge in [-0.3, -0.25) is 0 Å². The molecule has 0 heterocycles. The first kappa shape index (κ1) is 14.4. The van der Waals surface area contributed by atoms with Gasteiger partial charge in [0.2, 0.25) is 0 Å². The summed E-state index contributed by atoms with van der Waals surface area (Å²) >= 11 is 5.82. The van der Waals surface area contributed by atoms with E-state index in [2.05, 4.69) is 5.32 Å². The van der Waals surface area contributed by atoms with Crippen LogP contribution in [0, 0.1) is 5.82 Å². The first-order chi connectivity index (χ1) is 8.19. The molecule has 17 heavy (non-hydrogen) atoms. The summed E-state index contributed by atoms with van der Waals surface area (Å²) in [5.41, 5.74) is 0.683. The van der Waals surface area contributed by atoms with Gasteiger partial charge in [-0.25, -0.2) is 4.39 Å². The van der Waals surface area contributed by atoms with Crippen molar-refractivity contribution >= 4 is 11.6 Å². The molecule has 0 saturated heterocycles. The first-order valence-electron chi connectivity index (χ1n) is 5.45. The zero-order valence-corrected chi connectivity index (χ0v) is 10.5. The highest BCUT2D eigenvalue weighted by molar-refractivity contribution is 6.31. The Labute approximate surface area is 106 Å². The molecule has 1 aromatic rings. The number of hydrogen-bond acceptors (Lipinski definition) is 3. The van der Waals surface area contributed by atoms with E-state index in [0.29, 0.717) is 25.1 Å². The lowest BCUT2D eigenvalue weighted by Crippen LogP contribution is -2.33. The second-order valence-corrected chi connectivity index (χ2v) is 4.13. The minimum Gasteiger partial charge on any atom is -0.395 e. The number of ether oxygens (including phenoxy) is 1. The smallest absolute Gasteiger partial charge is 0.142 e. The van der Waals surface area contributed by atoms with E-state index in [1.54, 1.807) is 19.2 Å². The summed E-state index contributed by atoms with van der Waals surface area (Å²) < 4.78 is 18.1.